The average Bonchev–Trinajstić information content (AvgIpc) is 2.67. The molecule has 0 saturated carbocycles. The van der Waals surface area contributed by atoms with Gasteiger partial charge in [-0.2, -0.15) is 5.10 Å². The molecule has 0 amide bonds. The highest BCUT2D eigenvalue weighted by atomic mass is 35.5. The van der Waals surface area contributed by atoms with Crippen LogP contribution in [0.5, 0.6) is 0 Å². The second kappa shape index (κ2) is 8.03. The van der Waals surface area contributed by atoms with Gasteiger partial charge in [0.05, 0.1) is 0 Å². The molecule has 1 aliphatic rings. The maximum Gasteiger partial charge on any atom is 0.0406 e. The lowest BCUT2D eigenvalue weighted by Crippen LogP contribution is -2.40. The Morgan fingerprint density at radius 3 is 2.16 bits per heavy atom. The largest absolute Gasteiger partial charge is 0.317 e. The monoisotopic (exact) mass is 355 g/mol. The van der Waals surface area contributed by atoms with Gasteiger partial charge in [-0.1, -0.05) is 54.9 Å². The maximum atomic E-state index is 6.11. The minimum atomic E-state index is 0.0661. The van der Waals surface area contributed by atoms with E-state index in [4.69, 9.17) is 11.6 Å². The SMILES string of the molecule is CN/N=C\C(C)c1ccc(C2(c3ccc(Cl)cc3)CCNCC2)cc1. The summed E-state index contributed by atoms with van der Waals surface area (Å²) in [6, 6.07) is 17.4. The second-order valence-corrected chi connectivity index (χ2v) is 7.19. The Morgan fingerprint density at radius 2 is 1.60 bits per heavy atom. The average molecular weight is 356 g/mol. The van der Waals surface area contributed by atoms with Crippen molar-refractivity contribution in [2.45, 2.75) is 31.1 Å². The third-order valence-corrected chi connectivity index (χ3v) is 5.52. The van der Waals surface area contributed by atoms with Crippen LogP contribution in [0.25, 0.3) is 0 Å². The van der Waals surface area contributed by atoms with Gasteiger partial charge in [-0.25, -0.2) is 0 Å². The van der Waals surface area contributed by atoms with E-state index in [1.54, 1.807) is 0 Å². The summed E-state index contributed by atoms with van der Waals surface area (Å²) in [7, 11) is 1.82. The Balaban J connectivity index is 1.94. The van der Waals surface area contributed by atoms with Crippen molar-refractivity contribution in [2.24, 2.45) is 5.10 Å². The summed E-state index contributed by atoms with van der Waals surface area (Å²) < 4.78 is 0. The van der Waals surface area contributed by atoms with E-state index in [-0.39, 0.29) is 5.41 Å². The molecule has 1 aliphatic heterocycles. The summed E-state index contributed by atoms with van der Waals surface area (Å²) in [6.45, 7) is 4.24. The lowest BCUT2D eigenvalue weighted by molar-refractivity contribution is 0.362. The Kier molecular flexibility index (Phi) is 5.77. The fraction of sp³-hybridized carbons (Fsp3) is 0.381. The van der Waals surface area contributed by atoms with Crippen LogP contribution in [-0.2, 0) is 5.41 Å². The number of benzene rings is 2. The van der Waals surface area contributed by atoms with Gasteiger partial charge in [0.1, 0.15) is 0 Å². The molecule has 3 rings (SSSR count). The molecule has 4 heteroatoms. The van der Waals surface area contributed by atoms with Crippen molar-refractivity contribution in [3.05, 3.63) is 70.2 Å². The van der Waals surface area contributed by atoms with Crippen LogP contribution in [0.15, 0.2) is 53.6 Å². The number of rotatable bonds is 5. The molecule has 0 aliphatic carbocycles. The summed E-state index contributed by atoms with van der Waals surface area (Å²) >= 11 is 6.11. The first kappa shape index (κ1) is 18.0. The summed E-state index contributed by atoms with van der Waals surface area (Å²) in [4.78, 5) is 0. The minimum absolute atomic E-state index is 0.0661. The first-order valence-corrected chi connectivity index (χ1v) is 9.31. The van der Waals surface area contributed by atoms with Crippen LogP contribution in [-0.4, -0.2) is 26.4 Å². The quantitative estimate of drug-likeness (QED) is 0.619. The smallest absolute Gasteiger partial charge is 0.0406 e. The van der Waals surface area contributed by atoms with Crippen molar-refractivity contribution in [3.63, 3.8) is 0 Å². The Labute approximate surface area is 155 Å². The number of hydrogen-bond donors (Lipinski definition) is 2. The zero-order valence-electron chi connectivity index (χ0n) is 14.9. The van der Waals surface area contributed by atoms with E-state index < -0.39 is 0 Å². The van der Waals surface area contributed by atoms with E-state index in [2.05, 4.69) is 59.2 Å². The van der Waals surface area contributed by atoms with Crippen LogP contribution in [0.3, 0.4) is 0 Å². The van der Waals surface area contributed by atoms with E-state index in [1.807, 2.05) is 25.4 Å². The molecule has 0 bridgehead atoms. The summed E-state index contributed by atoms with van der Waals surface area (Å²) in [5.74, 6) is 0.293. The fourth-order valence-corrected chi connectivity index (χ4v) is 3.87. The van der Waals surface area contributed by atoms with Gasteiger partial charge >= 0.3 is 0 Å². The van der Waals surface area contributed by atoms with Gasteiger partial charge in [0.2, 0.25) is 0 Å². The fourth-order valence-electron chi connectivity index (χ4n) is 3.74. The van der Waals surface area contributed by atoms with E-state index in [1.165, 1.54) is 16.7 Å². The molecule has 1 heterocycles. The van der Waals surface area contributed by atoms with E-state index in [0.29, 0.717) is 5.92 Å². The lowest BCUT2D eigenvalue weighted by Gasteiger charge is -2.39. The highest BCUT2D eigenvalue weighted by Gasteiger charge is 2.35. The van der Waals surface area contributed by atoms with Crippen LogP contribution in [0.1, 0.15) is 42.4 Å². The van der Waals surface area contributed by atoms with Gasteiger partial charge in [-0.15, -0.1) is 0 Å². The predicted octanol–water partition coefficient (Wildman–Crippen LogP) is 4.32. The van der Waals surface area contributed by atoms with Crippen molar-refractivity contribution < 1.29 is 0 Å². The third kappa shape index (κ3) is 3.88. The van der Waals surface area contributed by atoms with Crippen molar-refractivity contribution in [3.8, 4) is 0 Å². The second-order valence-electron chi connectivity index (χ2n) is 6.75. The third-order valence-electron chi connectivity index (χ3n) is 5.27. The zero-order valence-corrected chi connectivity index (χ0v) is 15.7. The van der Waals surface area contributed by atoms with Crippen LogP contribution >= 0.6 is 11.6 Å². The molecular formula is C21H26ClN3. The number of piperidine rings is 1. The molecular weight excluding hydrogens is 330 g/mol. The molecule has 25 heavy (non-hydrogen) atoms. The first-order chi connectivity index (χ1) is 12.2. The van der Waals surface area contributed by atoms with Crippen molar-refractivity contribution in [1.29, 1.82) is 0 Å². The van der Waals surface area contributed by atoms with Gasteiger partial charge in [-0.05, 0) is 54.8 Å². The van der Waals surface area contributed by atoms with E-state index in [9.17, 15) is 0 Å². The number of halogens is 1. The maximum absolute atomic E-state index is 6.11. The molecule has 3 nitrogen and oxygen atoms in total. The van der Waals surface area contributed by atoms with Crippen LogP contribution in [0.2, 0.25) is 5.02 Å². The molecule has 1 atom stereocenters. The molecule has 132 valence electrons. The highest BCUT2D eigenvalue weighted by Crippen LogP contribution is 2.40. The van der Waals surface area contributed by atoms with Crippen LogP contribution in [0.4, 0.5) is 0 Å². The molecule has 2 aromatic rings. The molecule has 1 saturated heterocycles. The number of hydrogen-bond acceptors (Lipinski definition) is 3. The minimum Gasteiger partial charge on any atom is -0.317 e. The van der Waals surface area contributed by atoms with Crippen LogP contribution in [0, 0.1) is 0 Å². The molecule has 1 fully saturated rings. The van der Waals surface area contributed by atoms with E-state index in [0.717, 1.165) is 31.0 Å². The number of nitrogens with one attached hydrogen (secondary N) is 2. The van der Waals surface area contributed by atoms with E-state index >= 15 is 0 Å². The Hall–Kier alpha value is -1.84. The summed E-state index contributed by atoms with van der Waals surface area (Å²) in [5.41, 5.74) is 6.91. The standard InChI is InChI=1S/C21H26ClN3/c1-16(15-25-23-2)17-3-5-18(6-4-17)21(11-13-24-14-12-21)19-7-9-20(22)10-8-19/h3-10,15-16,23-24H,11-14H2,1-2H3/b25-15-. The summed E-state index contributed by atoms with van der Waals surface area (Å²) in [5, 5.41) is 8.42. The van der Waals surface area contributed by atoms with Gasteiger partial charge in [-0.3, -0.25) is 0 Å². The predicted molar refractivity (Wildman–Crippen MR) is 107 cm³/mol. The number of nitrogens with zero attached hydrogens (tertiary/aromatic N) is 1. The topological polar surface area (TPSA) is 36.4 Å². The Morgan fingerprint density at radius 1 is 1.04 bits per heavy atom. The lowest BCUT2D eigenvalue weighted by atomic mass is 9.68. The molecule has 0 spiro atoms. The van der Waals surface area contributed by atoms with Gasteiger partial charge in [0.15, 0.2) is 0 Å². The normalized spacial score (nSPS) is 18.2. The van der Waals surface area contributed by atoms with Gasteiger partial charge in [0.25, 0.3) is 0 Å². The van der Waals surface area contributed by atoms with Crippen LogP contribution < -0.4 is 10.7 Å². The molecule has 2 N–H and O–H groups in total. The number of hydrazone groups is 1. The summed E-state index contributed by atoms with van der Waals surface area (Å²) in [6.07, 6.45) is 4.14. The molecule has 2 aromatic carbocycles. The highest BCUT2D eigenvalue weighted by molar-refractivity contribution is 6.30. The molecule has 0 radical (unpaired) electrons. The first-order valence-electron chi connectivity index (χ1n) is 8.93. The molecule has 1 unspecified atom stereocenters. The van der Waals surface area contributed by atoms with Crippen molar-refractivity contribution in [1.82, 2.24) is 10.7 Å². The van der Waals surface area contributed by atoms with Gasteiger partial charge in [0, 0.05) is 29.6 Å². The van der Waals surface area contributed by atoms with Crippen molar-refractivity contribution in [2.75, 3.05) is 20.1 Å². The Bertz CT molecular complexity index is 701. The van der Waals surface area contributed by atoms with Gasteiger partial charge < -0.3 is 10.7 Å². The molecule has 0 aromatic heterocycles. The van der Waals surface area contributed by atoms with Crippen molar-refractivity contribution >= 4 is 17.8 Å². The zero-order chi connectivity index (χ0) is 17.7.